The summed E-state index contributed by atoms with van der Waals surface area (Å²) in [7, 11) is 3.43. The van der Waals surface area contributed by atoms with E-state index in [0.717, 1.165) is 24.0 Å². The van der Waals surface area contributed by atoms with Gasteiger partial charge in [0, 0.05) is 32.1 Å². The molecule has 1 fully saturated rings. The minimum atomic E-state index is -0.884. The molecule has 0 aromatic heterocycles. The van der Waals surface area contributed by atoms with E-state index >= 15 is 0 Å². The number of likely N-dealkylation sites (tertiary alicyclic amines) is 1. The van der Waals surface area contributed by atoms with Crippen LogP contribution in [0.25, 0.3) is 0 Å². The van der Waals surface area contributed by atoms with Crippen LogP contribution in [0.15, 0.2) is 42.5 Å². The van der Waals surface area contributed by atoms with Crippen molar-refractivity contribution in [1.82, 2.24) is 9.80 Å². The summed E-state index contributed by atoms with van der Waals surface area (Å²) in [6, 6.07) is 12.3. The molecule has 4 rings (SSSR count). The molecule has 1 N–H and O–H groups in total. The van der Waals surface area contributed by atoms with Crippen LogP contribution in [0.1, 0.15) is 56.2 Å². The molecule has 8 heteroatoms. The number of amides is 1. The standard InChI is InChI=1S/C28H36N2O6/c1-5-7-22(27(31)29(3)14-6-2)30-16-21(19-10-13-23-24(15-19)36-17-35-23)25(28(32)33)26(30)18-8-11-20(34-4)12-9-18/h8-13,15,21-22,25-26H,5-7,14,16-17H2,1-4H3,(H,32,33)/t21?,22-,25+,26-/m1/s1. The van der Waals surface area contributed by atoms with Gasteiger partial charge in [0.1, 0.15) is 5.75 Å². The number of rotatable bonds is 10. The maximum absolute atomic E-state index is 13.6. The smallest absolute Gasteiger partial charge is 0.309 e. The summed E-state index contributed by atoms with van der Waals surface area (Å²) in [6.45, 7) is 5.37. The monoisotopic (exact) mass is 496 g/mol. The van der Waals surface area contributed by atoms with Crippen LogP contribution in [0.3, 0.4) is 0 Å². The normalized spacial score (nSPS) is 21.8. The van der Waals surface area contributed by atoms with E-state index in [1.54, 1.807) is 12.0 Å². The van der Waals surface area contributed by atoms with E-state index < -0.39 is 24.0 Å². The Balaban J connectivity index is 1.79. The Morgan fingerprint density at radius 1 is 1.08 bits per heavy atom. The lowest BCUT2D eigenvalue weighted by molar-refractivity contribution is -0.144. The second-order valence-corrected chi connectivity index (χ2v) is 9.56. The largest absolute Gasteiger partial charge is 0.497 e. The van der Waals surface area contributed by atoms with Gasteiger partial charge in [-0.1, -0.05) is 38.5 Å². The molecular weight excluding hydrogens is 460 g/mol. The van der Waals surface area contributed by atoms with Crippen molar-refractivity contribution in [3.05, 3.63) is 53.6 Å². The topological polar surface area (TPSA) is 88.5 Å². The highest BCUT2D eigenvalue weighted by Crippen LogP contribution is 2.49. The molecule has 2 aromatic carbocycles. The SMILES string of the molecule is CCC[C@H](C(=O)N(C)CCC)N1CC(c2ccc3c(c2)OCO3)[C@H](C(=O)O)[C@H]1c1ccc(OC)cc1. The Hall–Kier alpha value is -3.26. The molecule has 2 heterocycles. The minimum absolute atomic E-state index is 0.0349. The van der Waals surface area contributed by atoms with Crippen LogP contribution in [0.5, 0.6) is 17.2 Å². The molecule has 0 aliphatic carbocycles. The van der Waals surface area contributed by atoms with Gasteiger partial charge in [-0.3, -0.25) is 14.5 Å². The van der Waals surface area contributed by atoms with E-state index in [1.165, 1.54) is 0 Å². The Kier molecular flexibility index (Phi) is 8.04. The van der Waals surface area contributed by atoms with Gasteiger partial charge < -0.3 is 24.2 Å². The number of carboxylic acids is 1. The first-order chi connectivity index (χ1) is 17.4. The fraction of sp³-hybridized carbons (Fsp3) is 0.500. The molecule has 0 saturated carbocycles. The van der Waals surface area contributed by atoms with Gasteiger partial charge in [-0.25, -0.2) is 0 Å². The number of fused-ring (bicyclic) bond motifs is 1. The summed E-state index contributed by atoms with van der Waals surface area (Å²) in [5, 5.41) is 10.5. The number of hydrogen-bond donors (Lipinski definition) is 1. The Labute approximate surface area is 212 Å². The molecule has 0 spiro atoms. The predicted octanol–water partition coefficient (Wildman–Crippen LogP) is 4.30. The van der Waals surface area contributed by atoms with Crippen molar-refractivity contribution in [3.63, 3.8) is 0 Å². The summed E-state index contributed by atoms with van der Waals surface area (Å²) in [5.74, 6) is 0.0622. The number of aliphatic carboxylic acids is 1. The van der Waals surface area contributed by atoms with Gasteiger partial charge in [-0.2, -0.15) is 0 Å². The molecule has 1 unspecified atom stereocenters. The van der Waals surface area contributed by atoms with Crippen LogP contribution >= 0.6 is 0 Å². The number of methoxy groups -OCH3 is 1. The summed E-state index contributed by atoms with van der Waals surface area (Å²) >= 11 is 0. The fourth-order valence-electron chi connectivity index (χ4n) is 5.57. The Morgan fingerprint density at radius 3 is 2.42 bits per heavy atom. The highest BCUT2D eigenvalue weighted by molar-refractivity contribution is 5.82. The van der Waals surface area contributed by atoms with Gasteiger partial charge in [0.05, 0.1) is 19.1 Å². The maximum atomic E-state index is 13.6. The average molecular weight is 497 g/mol. The lowest BCUT2D eigenvalue weighted by Crippen LogP contribution is -2.48. The molecule has 0 bridgehead atoms. The van der Waals surface area contributed by atoms with E-state index in [2.05, 4.69) is 11.8 Å². The first-order valence-corrected chi connectivity index (χ1v) is 12.7. The molecular formula is C28H36N2O6. The van der Waals surface area contributed by atoms with Gasteiger partial charge in [0.15, 0.2) is 11.5 Å². The van der Waals surface area contributed by atoms with Crippen molar-refractivity contribution in [2.75, 3.05) is 34.0 Å². The molecule has 8 nitrogen and oxygen atoms in total. The minimum Gasteiger partial charge on any atom is -0.497 e. The third-order valence-corrected chi connectivity index (χ3v) is 7.29. The first-order valence-electron chi connectivity index (χ1n) is 12.7. The zero-order valence-electron chi connectivity index (χ0n) is 21.5. The van der Waals surface area contributed by atoms with Crippen LogP contribution < -0.4 is 14.2 Å². The van der Waals surface area contributed by atoms with E-state index in [9.17, 15) is 14.7 Å². The summed E-state index contributed by atoms with van der Waals surface area (Å²) in [4.78, 5) is 30.4. The second-order valence-electron chi connectivity index (χ2n) is 9.56. The van der Waals surface area contributed by atoms with E-state index in [1.807, 2.05) is 56.4 Å². The lowest BCUT2D eigenvalue weighted by atomic mass is 9.82. The van der Waals surface area contributed by atoms with E-state index in [-0.39, 0.29) is 18.6 Å². The van der Waals surface area contributed by atoms with Crippen LogP contribution in [0, 0.1) is 5.92 Å². The van der Waals surface area contributed by atoms with Crippen molar-refractivity contribution in [3.8, 4) is 17.2 Å². The fourth-order valence-corrected chi connectivity index (χ4v) is 5.57. The third kappa shape index (κ3) is 5.00. The molecule has 2 aromatic rings. The van der Waals surface area contributed by atoms with Crippen LogP contribution in [0.4, 0.5) is 0 Å². The molecule has 2 aliphatic rings. The van der Waals surface area contributed by atoms with Crippen LogP contribution in [-0.4, -0.2) is 66.9 Å². The van der Waals surface area contributed by atoms with Gasteiger partial charge in [0.2, 0.25) is 12.7 Å². The second kappa shape index (κ2) is 11.2. The molecule has 1 amide bonds. The van der Waals surface area contributed by atoms with Gasteiger partial charge in [0.25, 0.3) is 0 Å². The number of hydrogen-bond acceptors (Lipinski definition) is 6. The number of nitrogens with zero attached hydrogens (tertiary/aromatic N) is 2. The van der Waals surface area contributed by atoms with Crippen LogP contribution in [0.2, 0.25) is 0 Å². The predicted molar refractivity (Wildman–Crippen MR) is 135 cm³/mol. The average Bonchev–Trinajstić information content (AvgIpc) is 3.51. The van der Waals surface area contributed by atoms with Crippen molar-refractivity contribution in [1.29, 1.82) is 0 Å². The molecule has 36 heavy (non-hydrogen) atoms. The van der Waals surface area contributed by atoms with Gasteiger partial charge in [-0.15, -0.1) is 0 Å². The van der Waals surface area contributed by atoms with E-state index in [4.69, 9.17) is 14.2 Å². The Bertz CT molecular complexity index is 1070. The summed E-state index contributed by atoms with van der Waals surface area (Å²) in [5.41, 5.74) is 1.73. The number of benzene rings is 2. The number of carbonyl (C=O) groups is 2. The van der Waals surface area contributed by atoms with Crippen LogP contribution in [-0.2, 0) is 9.59 Å². The zero-order chi connectivity index (χ0) is 25.8. The molecule has 0 radical (unpaired) electrons. The van der Waals surface area contributed by atoms with Crippen molar-refractivity contribution in [2.24, 2.45) is 5.92 Å². The van der Waals surface area contributed by atoms with E-state index in [0.29, 0.717) is 36.8 Å². The number of likely N-dealkylation sites (N-methyl/N-ethyl adjacent to an activating group) is 1. The molecule has 1 saturated heterocycles. The highest BCUT2D eigenvalue weighted by atomic mass is 16.7. The number of carboxylic acid groups (broad SMARTS) is 1. The quantitative estimate of drug-likeness (QED) is 0.525. The highest BCUT2D eigenvalue weighted by Gasteiger charge is 2.51. The number of carbonyl (C=O) groups excluding carboxylic acids is 1. The molecule has 2 aliphatic heterocycles. The summed E-state index contributed by atoms with van der Waals surface area (Å²) < 4.78 is 16.4. The molecule has 4 atom stereocenters. The number of ether oxygens (including phenoxy) is 3. The maximum Gasteiger partial charge on any atom is 0.309 e. The van der Waals surface area contributed by atoms with Crippen molar-refractivity contribution in [2.45, 2.75) is 51.1 Å². The lowest BCUT2D eigenvalue weighted by Gasteiger charge is -2.35. The van der Waals surface area contributed by atoms with Gasteiger partial charge in [-0.05, 0) is 48.2 Å². The first kappa shape index (κ1) is 25.8. The molecule has 194 valence electrons. The zero-order valence-corrected chi connectivity index (χ0v) is 21.5. The van der Waals surface area contributed by atoms with Crippen molar-refractivity contribution >= 4 is 11.9 Å². The third-order valence-electron chi connectivity index (χ3n) is 7.29. The summed E-state index contributed by atoms with van der Waals surface area (Å²) in [6.07, 6.45) is 2.33. The van der Waals surface area contributed by atoms with Gasteiger partial charge >= 0.3 is 5.97 Å². The van der Waals surface area contributed by atoms with Crippen molar-refractivity contribution < 1.29 is 28.9 Å². The Morgan fingerprint density at radius 2 is 1.78 bits per heavy atom.